The Kier molecular flexibility index (Phi) is 4.99. The van der Waals surface area contributed by atoms with E-state index < -0.39 is 10.0 Å². The maximum absolute atomic E-state index is 12.5. The molecule has 0 aliphatic heterocycles. The number of ether oxygens (including phenoxy) is 2. The summed E-state index contributed by atoms with van der Waals surface area (Å²) in [5.74, 6) is 0.856. The zero-order valence-corrected chi connectivity index (χ0v) is 13.5. The van der Waals surface area contributed by atoms with E-state index in [-0.39, 0.29) is 11.4 Å². The molecule has 0 aliphatic carbocycles. The maximum atomic E-state index is 12.5. The molecule has 7 heteroatoms. The average Bonchev–Trinajstić information content (AvgIpc) is 2.53. The standard InChI is InChI=1S/C15H18N2O4S/c1-11-8-13(20-2)14(21-3)9-15(11)22(18,19)17-10-12-6-4-5-7-16-12/h4-9,17H,10H2,1-3H3. The molecule has 2 rings (SSSR count). The first-order chi connectivity index (χ1) is 10.5. The quantitative estimate of drug-likeness (QED) is 0.879. The van der Waals surface area contributed by atoms with Crippen LogP contribution in [0.25, 0.3) is 0 Å². The molecule has 6 nitrogen and oxygen atoms in total. The fraction of sp³-hybridized carbons (Fsp3) is 0.267. The molecule has 0 bridgehead atoms. The van der Waals surface area contributed by atoms with Crippen molar-refractivity contribution in [1.82, 2.24) is 9.71 Å². The fourth-order valence-corrected chi connectivity index (χ4v) is 3.24. The molecule has 22 heavy (non-hydrogen) atoms. The molecule has 0 saturated carbocycles. The third kappa shape index (κ3) is 3.55. The van der Waals surface area contributed by atoms with Crippen LogP contribution in [0.2, 0.25) is 0 Å². The molecule has 0 aliphatic rings. The summed E-state index contributed by atoms with van der Waals surface area (Å²) in [6, 6.07) is 8.42. The lowest BCUT2D eigenvalue weighted by Crippen LogP contribution is -2.24. The van der Waals surface area contributed by atoms with Gasteiger partial charge in [-0.25, -0.2) is 13.1 Å². The summed E-state index contributed by atoms with van der Waals surface area (Å²) in [6.45, 7) is 1.83. The van der Waals surface area contributed by atoms with Crippen molar-refractivity contribution in [1.29, 1.82) is 0 Å². The molecule has 0 unspecified atom stereocenters. The van der Waals surface area contributed by atoms with Crippen molar-refractivity contribution >= 4 is 10.0 Å². The van der Waals surface area contributed by atoms with Gasteiger partial charge in [0.1, 0.15) is 0 Å². The van der Waals surface area contributed by atoms with Crippen LogP contribution in [0.4, 0.5) is 0 Å². The predicted molar refractivity (Wildman–Crippen MR) is 82.5 cm³/mol. The summed E-state index contributed by atoms with van der Waals surface area (Å²) in [5.41, 5.74) is 1.22. The molecule has 1 aromatic heterocycles. The highest BCUT2D eigenvalue weighted by Crippen LogP contribution is 2.32. The monoisotopic (exact) mass is 322 g/mol. The van der Waals surface area contributed by atoms with E-state index in [1.54, 1.807) is 37.4 Å². The lowest BCUT2D eigenvalue weighted by molar-refractivity contribution is 0.353. The number of methoxy groups -OCH3 is 2. The van der Waals surface area contributed by atoms with E-state index in [0.717, 1.165) is 0 Å². The molecular formula is C15H18N2O4S. The van der Waals surface area contributed by atoms with Crippen molar-refractivity contribution in [3.05, 3.63) is 47.8 Å². The maximum Gasteiger partial charge on any atom is 0.241 e. The van der Waals surface area contributed by atoms with Crippen molar-refractivity contribution in [3.63, 3.8) is 0 Å². The number of hydrogen-bond donors (Lipinski definition) is 1. The minimum Gasteiger partial charge on any atom is -0.493 e. The van der Waals surface area contributed by atoms with E-state index in [0.29, 0.717) is 22.8 Å². The first-order valence-electron chi connectivity index (χ1n) is 6.60. The minimum atomic E-state index is -3.67. The van der Waals surface area contributed by atoms with Gasteiger partial charge in [0.15, 0.2) is 11.5 Å². The number of aromatic nitrogens is 1. The van der Waals surface area contributed by atoms with Crippen LogP contribution in [0.5, 0.6) is 11.5 Å². The third-order valence-corrected chi connectivity index (χ3v) is 4.68. The number of rotatable bonds is 6. The fourth-order valence-electron chi connectivity index (χ4n) is 2.00. The Morgan fingerprint density at radius 1 is 1.14 bits per heavy atom. The SMILES string of the molecule is COc1cc(C)c(S(=O)(=O)NCc2ccccn2)cc1OC. The highest BCUT2D eigenvalue weighted by Gasteiger charge is 2.20. The smallest absolute Gasteiger partial charge is 0.241 e. The van der Waals surface area contributed by atoms with Crippen LogP contribution >= 0.6 is 0 Å². The zero-order chi connectivity index (χ0) is 16.2. The Bertz CT molecular complexity index is 746. The number of aryl methyl sites for hydroxylation is 1. The molecule has 1 aromatic carbocycles. The second-order valence-corrected chi connectivity index (χ2v) is 6.35. The third-order valence-electron chi connectivity index (χ3n) is 3.14. The van der Waals surface area contributed by atoms with Crippen LogP contribution in [0.15, 0.2) is 41.4 Å². The summed E-state index contributed by atoms with van der Waals surface area (Å²) >= 11 is 0. The van der Waals surface area contributed by atoms with E-state index in [2.05, 4.69) is 9.71 Å². The molecule has 2 aromatic rings. The van der Waals surface area contributed by atoms with Gasteiger partial charge in [0, 0.05) is 12.3 Å². The second-order valence-electron chi connectivity index (χ2n) is 4.62. The zero-order valence-electron chi connectivity index (χ0n) is 12.7. The van der Waals surface area contributed by atoms with Gasteiger partial charge in [0.05, 0.1) is 31.4 Å². The summed E-state index contributed by atoms with van der Waals surface area (Å²) < 4.78 is 37.8. The normalized spacial score (nSPS) is 11.2. The molecule has 0 fully saturated rings. The van der Waals surface area contributed by atoms with E-state index >= 15 is 0 Å². The van der Waals surface area contributed by atoms with Gasteiger partial charge < -0.3 is 9.47 Å². The van der Waals surface area contributed by atoms with Gasteiger partial charge in [-0.05, 0) is 30.7 Å². The van der Waals surface area contributed by atoms with Gasteiger partial charge in [0.2, 0.25) is 10.0 Å². The highest BCUT2D eigenvalue weighted by atomic mass is 32.2. The van der Waals surface area contributed by atoms with E-state index in [9.17, 15) is 8.42 Å². The summed E-state index contributed by atoms with van der Waals surface area (Å²) in [7, 11) is -0.704. The molecule has 0 spiro atoms. The van der Waals surface area contributed by atoms with Crippen LogP contribution in [0, 0.1) is 6.92 Å². The molecule has 0 amide bonds. The Morgan fingerprint density at radius 2 is 1.82 bits per heavy atom. The molecule has 1 N–H and O–H groups in total. The average molecular weight is 322 g/mol. The van der Waals surface area contributed by atoms with Crippen LogP contribution < -0.4 is 14.2 Å². The molecule has 0 atom stereocenters. The van der Waals surface area contributed by atoms with Crippen molar-refractivity contribution < 1.29 is 17.9 Å². The van der Waals surface area contributed by atoms with Gasteiger partial charge in [-0.2, -0.15) is 0 Å². The topological polar surface area (TPSA) is 77.5 Å². The highest BCUT2D eigenvalue weighted by molar-refractivity contribution is 7.89. The van der Waals surface area contributed by atoms with Gasteiger partial charge in [-0.1, -0.05) is 6.07 Å². The molecule has 0 radical (unpaired) electrons. The van der Waals surface area contributed by atoms with Crippen LogP contribution in [0.3, 0.4) is 0 Å². The first kappa shape index (κ1) is 16.3. The molecule has 0 saturated heterocycles. The number of benzene rings is 1. The van der Waals surface area contributed by atoms with Crippen LogP contribution in [0.1, 0.15) is 11.3 Å². The Morgan fingerprint density at radius 3 is 2.41 bits per heavy atom. The van der Waals surface area contributed by atoms with E-state index in [4.69, 9.17) is 9.47 Å². The Balaban J connectivity index is 2.29. The van der Waals surface area contributed by atoms with E-state index in [1.165, 1.54) is 20.3 Å². The number of pyridine rings is 1. The van der Waals surface area contributed by atoms with Gasteiger partial charge in [-0.3, -0.25) is 4.98 Å². The molecule has 1 heterocycles. The van der Waals surface area contributed by atoms with Crippen LogP contribution in [-0.2, 0) is 16.6 Å². The summed E-state index contributed by atoms with van der Waals surface area (Å²) in [6.07, 6.45) is 1.62. The Labute approximate surface area is 130 Å². The van der Waals surface area contributed by atoms with Gasteiger partial charge >= 0.3 is 0 Å². The summed E-state index contributed by atoms with van der Waals surface area (Å²) in [4.78, 5) is 4.24. The van der Waals surface area contributed by atoms with Gasteiger partial charge in [-0.15, -0.1) is 0 Å². The lowest BCUT2D eigenvalue weighted by atomic mass is 10.2. The second kappa shape index (κ2) is 6.76. The Hall–Kier alpha value is -2.12. The van der Waals surface area contributed by atoms with Crippen molar-refractivity contribution in [2.45, 2.75) is 18.4 Å². The lowest BCUT2D eigenvalue weighted by Gasteiger charge is -2.13. The van der Waals surface area contributed by atoms with Gasteiger partial charge in [0.25, 0.3) is 0 Å². The number of sulfonamides is 1. The van der Waals surface area contributed by atoms with Crippen molar-refractivity contribution in [2.24, 2.45) is 0 Å². The summed E-state index contributed by atoms with van der Waals surface area (Å²) in [5, 5.41) is 0. The van der Waals surface area contributed by atoms with Crippen LogP contribution in [-0.4, -0.2) is 27.6 Å². The number of nitrogens with zero attached hydrogens (tertiary/aromatic N) is 1. The molecular weight excluding hydrogens is 304 g/mol. The van der Waals surface area contributed by atoms with E-state index in [1.807, 2.05) is 0 Å². The van der Waals surface area contributed by atoms with Crippen molar-refractivity contribution in [2.75, 3.05) is 14.2 Å². The first-order valence-corrected chi connectivity index (χ1v) is 8.08. The van der Waals surface area contributed by atoms with Crippen molar-refractivity contribution in [3.8, 4) is 11.5 Å². The number of hydrogen-bond acceptors (Lipinski definition) is 5. The minimum absolute atomic E-state index is 0.122. The largest absolute Gasteiger partial charge is 0.493 e. The number of nitrogens with one attached hydrogen (secondary N) is 1. The molecule has 118 valence electrons. The predicted octanol–water partition coefficient (Wildman–Crippen LogP) is 1.89.